The zero-order valence-electron chi connectivity index (χ0n) is 10.1. The van der Waals surface area contributed by atoms with E-state index < -0.39 is 10.0 Å². The summed E-state index contributed by atoms with van der Waals surface area (Å²) in [6.45, 7) is 0.494. The lowest BCUT2D eigenvalue weighted by molar-refractivity contribution is 0.275. The Morgan fingerprint density at radius 2 is 2.11 bits per heavy atom. The smallest absolute Gasteiger partial charge is 0.244 e. The van der Waals surface area contributed by atoms with Crippen LogP contribution in [0.3, 0.4) is 0 Å². The van der Waals surface area contributed by atoms with Crippen molar-refractivity contribution in [1.29, 1.82) is 0 Å². The highest BCUT2D eigenvalue weighted by Gasteiger charge is 2.23. The second kappa shape index (κ2) is 6.49. The molecule has 0 spiro atoms. The minimum Gasteiger partial charge on any atom is -0.396 e. The largest absolute Gasteiger partial charge is 0.396 e. The van der Waals surface area contributed by atoms with Crippen molar-refractivity contribution in [3.05, 3.63) is 28.8 Å². The van der Waals surface area contributed by atoms with Crippen LogP contribution >= 0.6 is 11.6 Å². The molecule has 0 aliphatic carbocycles. The third kappa shape index (κ3) is 3.43. The average Bonchev–Trinajstić information content (AvgIpc) is 2.35. The number of benzene rings is 1. The van der Waals surface area contributed by atoms with Crippen LogP contribution in [0.2, 0.25) is 5.02 Å². The number of hydrogen-bond donors (Lipinski definition) is 2. The van der Waals surface area contributed by atoms with Crippen LogP contribution in [-0.4, -0.2) is 38.0 Å². The summed E-state index contributed by atoms with van der Waals surface area (Å²) in [6, 6.07) is 4.64. The van der Waals surface area contributed by atoms with Crippen molar-refractivity contribution < 1.29 is 13.5 Å². The Hall–Kier alpha value is -0.660. The molecule has 1 rings (SSSR count). The minimum atomic E-state index is -3.62. The topological polar surface area (TPSA) is 83.6 Å². The van der Waals surface area contributed by atoms with Crippen molar-refractivity contribution in [3.63, 3.8) is 0 Å². The van der Waals surface area contributed by atoms with Crippen LogP contribution in [0.4, 0.5) is 0 Å². The van der Waals surface area contributed by atoms with Crippen LogP contribution < -0.4 is 5.73 Å². The van der Waals surface area contributed by atoms with Crippen molar-refractivity contribution in [1.82, 2.24) is 4.31 Å². The first-order valence-corrected chi connectivity index (χ1v) is 7.31. The molecule has 0 amide bonds. The van der Waals surface area contributed by atoms with E-state index in [1.54, 1.807) is 12.1 Å². The van der Waals surface area contributed by atoms with Gasteiger partial charge in [0.1, 0.15) is 4.90 Å². The molecule has 5 nitrogen and oxygen atoms in total. The molecule has 3 N–H and O–H groups in total. The molecule has 0 saturated carbocycles. The minimum absolute atomic E-state index is 0.0558. The Morgan fingerprint density at radius 1 is 1.44 bits per heavy atom. The highest BCUT2D eigenvalue weighted by molar-refractivity contribution is 7.89. The van der Waals surface area contributed by atoms with Crippen molar-refractivity contribution in [2.75, 3.05) is 20.2 Å². The molecule has 102 valence electrons. The van der Waals surface area contributed by atoms with Crippen molar-refractivity contribution in [3.8, 4) is 0 Å². The number of nitrogens with zero attached hydrogens (tertiary/aromatic N) is 1. The summed E-state index contributed by atoms with van der Waals surface area (Å²) in [7, 11) is -2.16. The van der Waals surface area contributed by atoms with Gasteiger partial charge in [0.2, 0.25) is 10.0 Å². The Bertz CT molecular complexity index is 505. The SMILES string of the molecule is CN(CCCO)S(=O)(=O)c1ccc(CN)cc1Cl. The molecular weight excluding hydrogens is 276 g/mol. The third-order valence-corrected chi connectivity index (χ3v) is 4.89. The summed E-state index contributed by atoms with van der Waals surface area (Å²) in [4.78, 5) is 0.0572. The maximum Gasteiger partial charge on any atom is 0.244 e. The average molecular weight is 293 g/mol. The van der Waals surface area contributed by atoms with E-state index in [-0.39, 0.29) is 23.1 Å². The van der Waals surface area contributed by atoms with Crippen LogP contribution in [0.5, 0.6) is 0 Å². The lowest BCUT2D eigenvalue weighted by atomic mass is 10.2. The quantitative estimate of drug-likeness (QED) is 0.812. The molecule has 0 heterocycles. The molecule has 0 aliphatic rings. The molecule has 0 radical (unpaired) electrons. The van der Waals surface area contributed by atoms with E-state index in [1.807, 2.05) is 0 Å². The lowest BCUT2D eigenvalue weighted by Gasteiger charge is -2.17. The van der Waals surface area contributed by atoms with Crippen molar-refractivity contribution in [2.45, 2.75) is 17.9 Å². The number of nitrogens with two attached hydrogens (primary N) is 1. The first kappa shape index (κ1) is 15.4. The molecule has 1 aromatic rings. The van der Waals surface area contributed by atoms with Gasteiger partial charge in [0, 0.05) is 26.7 Å². The summed E-state index contributed by atoms with van der Waals surface area (Å²) in [5, 5.41) is 8.87. The van der Waals surface area contributed by atoms with Gasteiger partial charge in [0.25, 0.3) is 0 Å². The summed E-state index contributed by atoms with van der Waals surface area (Å²) in [6.07, 6.45) is 0.383. The van der Waals surface area contributed by atoms with Crippen molar-refractivity contribution >= 4 is 21.6 Å². The van der Waals surface area contributed by atoms with Crippen molar-refractivity contribution in [2.24, 2.45) is 5.73 Å². The van der Waals surface area contributed by atoms with Gasteiger partial charge in [-0.05, 0) is 24.1 Å². The molecule has 0 fully saturated rings. The van der Waals surface area contributed by atoms with Gasteiger partial charge in [-0.1, -0.05) is 17.7 Å². The van der Waals surface area contributed by atoms with Gasteiger partial charge in [-0.15, -0.1) is 0 Å². The van der Waals surface area contributed by atoms with Gasteiger partial charge in [-0.3, -0.25) is 0 Å². The Balaban J connectivity index is 3.05. The highest BCUT2D eigenvalue weighted by Crippen LogP contribution is 2.25. The summed E-state index contributed by atoms with van der Waals surface area (Å²) >= 11 is 5.96. The van der Waals surface area contributed by atoms with Crippen LogP contribution in [-0.2, 0) is 16.6 Å². The van der Waals surface area contributed by atoms with E-state index in [2.05, 4.69) is 0 Å². The maximum absolute atomic E-state index is 12.2. The van der Waals surface area contributed by atoms with Gasteiger partial charge in [0.15, 0.2) is 0 Å². The van der Waals surface area contributed by atoms with E-state index in [4.69, 9.17) is 22.4 Å². The second-order valence-electron chi connectivity index (χ2n) is 3.87. The van der Waals surface area contributed by atoms with Gasteiger partial charge < -0.3 is 10.8 Å². The number of sulfonamides is 1. The first-order chi connectivity index (χ1) is 8.43. The van der Waals surface area contributed by atoms with Crippen LogP contribution in [0, 0.1) is 0 Å². The Kier molecular flexibility index (Phi) is 5.55. The summed E-state index contributed by atoms with van der Waals surface area (Å²) in [5.74, 6) is 0. The molecule has 18 heavy (non-hydrogen) atoms. The molecule has 0 bridgehead atoms. The number of rotatable bonds is 6. The number of hydrogen-bond acceptors (Lipinski definition) is 4. The predicted molar refractivity (Wildman–Crippen MR) is 70.9 cm³/mol. The monoisotopic (exact) mass is 292 g/mol. The Labute approximate surface area is 112 Å². The fourth-order valence-electron chi connectivity index (χ4n) is 1.46. The van der Waals surface area contributed by atoms with Crippen LogP contribution in [0.25, 0.3) is 0 Å². The van der Waals surface area contributed by atoms with E-state index in [0.29, 0.717) is 13.0 Å². The molecular formula is C11H17ClN2O3S. The Morgan fingerprint density at radius 3 is 2.61 bits per heavy atom. The lowest BCUT2D eigenvalue weighted by Crippen LogP contribution is -2.28. The second-order valence-corrected chi connectivity index (χ2v) is 6.29. The number of aliphatic hydroxyl groups excluding tert-OH is 1. The fraction of sp³-hybridized carbons (Fsp3) is 0.455. The van der Waals surface area contributed by atoms with Gasteiger partial charge in [-0.2, -0.15) is 0 Å². The van der Waals surface area contributed by atoms with E-state index in [1.165, 1.54) is 17.4 Å². The van der Waals surface area contributed by atoms with Crippen LogP contribution in [0.15, 0.2) is 23.1 Å². The van der Waals surface area contributed by atoms with Gasteiger partial charge >= 0.3 is 0 Å². The fourth-order valence-corrected chi connectivity index (χ4v) is 3.21. The number of aliphatic hydroxyl groups is 1. The number of halogens is 1. The molecule has 0 unspecified atom stereocenters. The molecule has 0 aromatic heterocycles. The molecule has 7 heteroatoms. The highest BCUT2D eigenvalue weighted by atomic mass is 35.5. The maximum atomic E-state index is 12.2. The third-order valence-electron chi connectivity index (χ3n) is 2.55. The zero-order valence-corrected chi connectivity index (χ0v) is 11.7. The molecule has 0 atom stereocenters. The standard InChI is InChI=1S/C11H17ClN2O3S/c1-14(5-2-6-15)18(16,17)11-4-3-9(8-13)7-10(11)12/h3-4,7,15H,2,5-6,8,13H2,1H3. The molecule has 1 aromatic carbocycles. The first-order valence-electron chi connectivity index (χ1n) is 5.49. The van der Waals surface area contributed by atoms with E-state index in [9.17, 15) is 8.42 Å². The van der Waals surface area contributed by atoms with Gasteiger partial charge in [0.05, 0.1) is 5.02 Å². The van der Waals surface area contributed by atoms with Crippen LogP contribution in [0.1, 0.15) is 12.0 Å². The van der Waals surface area contributed by atoms with E-state index >= 15 is 0 Å². The predicted octanol–water partition coefficient (Wildman–Crippen LogP) is 0.802. The molecule has 0 aliphatic heterocycles. The summed E-state index contributed by atoms with van der Waals surface area (Å²) < 4.78 is 25.5. The molecule has 0 saturated heterocycles. The normalized spacial score (nSPS) is 12.1. The summed E-state index contributed by atoms with van der Waals surface area (Å²) in [5.41, 5.74) is 6.23. The zero-order chi connectivity index (χ0) is 13.8. The van der Waals surface area contributed by atoms with Gasteiger partial charge in [-0.25, -0.2) is 12.7 Å². The van der Waals surface area contributed by atoms with E-state index in [0.717, 1.165) is 5.56 Å².